The van der Waals surface area contributed by atoms with Gasteiger partial charge in [0.25, 0.3) is 5.88 Å². The van der Waals surface area contributed by atoms with Crippen LogP contribution >= 0.6 is 11.3 Å². The van der Waals surface area contributed by atoms with Crippen LogP contribution in [0, 0.1) is 0 Å². The summed E-state index contributed by atoms with van der Waals surface area (Å²) in [5, 5.41) is 19.1. The van der Waals surface area contributed by atoms with Crippen molar-refractivity contribution in [3.05, 3.63) is 47.1 Å². The molecule has 0 saturated heterocycles. The molecule has 0 spiro atoms. The summed E-state index contributed by atoms with van der Waals surface area (Å²) in [6, 6.07) is 7.85. The molecule has 3 heterocycles. The van der Waals surface area contributed by atoms with Gasteiger partial charge in [-0.25, -0.2) is 4.98 Å². The first-order valence-electron chi connectivity index (χ1n) is 7.63. The lowest BCUT2D eigenvalue weighted by Gasteiger charge is -2.18. The fraction of sp³-hybridized carbons (Fsp3) is 0.235. The van der Waals surface area contributed by atoms with E-state index in [4.69, 9.17) is 9.47 Å². The van der Waals surface area contributed by atoms with Crippen molar-refractivity contribution >= 4 is 16.5 Å². The molecule has 0 bridgehead atoms. The molecule has 0 radical (unpaired) electrons. The number of rotatable bonds is 4. The molecular weight excluding hydrogens is 340 g/mol. The third-order valence-corrected chi connectivity index (χ3v) is 4.94. The van der Waals surface area contributed by atoms with Gasteiger partial charge in [0.1, 0.15) is 5.51 Å². The average Bonchev–Trinajstić information content (AvgIpc) is 3.29. The fourth-order valence-electron chi connectivity index (χ4n) is 2.97. The van der Waals surface area contributed by atoms with Gasteiger partial charge in [0.05, 0.1) is 14.2 Å². The van der Waals surface area contributed by atoms with Gasteiger partial charge in [0.15, 0.2) is 12.0 Å². The molecule has 1 aromatic carbocycles. The van der Waals surface area contributed by atoms with E-state index in [1.165, 1.54) is 11.3 Å². The average molecular weight is 356 g/mol. The number of ether oxygens (including phenoxy) is 2. The van der Waals surface area contributed by atoms with Crippen LogP contribution < -0.4 is 14.4 Å². The molecule has 1 N–H and O–H groups in total. The third-order valence-electron chi connectivity index (χ3n) is 4.22. The maximum atomic E-state index is 10.5. The SMILES string of the molecule is COc1cc(-c2ccc3c(c2)CN(c2nncs2)C3O)cnc1OC. The second kappa shape index (κ2) is 6.30. The van der Waals surface area contributed by atoms with Crippen LogP contribution in [0.5, 0.6) is 11.6 Å². The van der Waals surface area contributed by atoms with E-state index < -0.39 is 6.23 Å². The number of pyridine rings is 1. The van der Waals surface area contributed by atoms with Crippen LogP contribution in [0.15, 0.2) is 36.0 Å². The molecule has 0 aliphatic carbocycles. The summed E-state index contributed by atoms with van der Waals surface area (Å²) < 4.78 is 10.5. The summed E-state index contributed by atoms with van der Waals surface area (Å²) in [4.78, 5) is 6.12. The summed E-state index contributed by atoms with van der Waals surface area (Å²) in [6.07, 6.45) is 1.04. The Kier molecular flexibility index (Phi) is 3.98. The lowest BCUT2D eigenvalue weighted by Crippen LogP contribution is -2.20. The molecule has 2 aromatic heterocycles. The molecule has 8 heteroatoms. The number of nitrogens with zero attached hydrogens (tertiary/aromatic N) is 4. The Hall–Kier alpha value is -2.71. The second-order valence-electron chi connectivity index (χ2n) is 5.57. The van der Waals surface area contributed by atoms with Gasteiger partial charge in [-0.3, -0.25) is 0 Å². The second-order valence-corrected chi connectivity index (χ2v) is 6.38. The predicted octanol–water partition coefficient (Wildman–Crippen LogP) is 2.63. The highest BCUT2D eigenvalue weighted by Crippen LogP contribution is 2.38. The summed E-state index contributed by atoms with van der Waals surface area (Å²) in [5.74, 6) is 1.03. The molecule has 3 aromatic rings. The number of fused-ring (bicyclic) bond motifs is 1. The minimum absolute atomic E-state index is 0.449. The van der Waals surface area contributed by atoms with Crippen LogP contribution in [-0.2, 0) is 6.54 Å². The van der Waals surface area contributed by atoms with Crippen molar-refractivity contribution in [2.45, 2.75) is 12.8 Å². The molecule has 128 valence electrons. The van der Waals surface area contributed by atoms with Crippen LogP contribution in [0.1, 0.15) is 17.4 Å². The number of hydrogen-bond acceptors (Lipinski definition) is 8. The normalized spacial score (nSPS) is 16.0. The standard InChI is InChI=1S/C17H16N4O3S/c1-23-14-6-11(7-18-15(14)24-2)10-3-4-13-12(5-10)8-21(16(13)22)17-20-19-9-25-17/h3-7,9,16,22H,8H2,1-2H3. The van der Waals surface area contributed by atoms with Crippen molar-refractivity contribution in [1.82, 2.24) is 15.2 Å². The highest BCUT2D eigenvalue weighted by molar-refractivity contribution is 7.13. The number of benzene rings is 1. The Morgan fingerprint density at radius 2 is 2.08 bits per heavy atom. The Morgan fingerprint density at radius 1 is 1.20 bits per heavy atom. The lowest BCUT2D eigenvalue weighted by molar-refractivity contribution is 0.181. The number of hydrogen-bond donors (Lipinski definition) is 1. The number of anilines is 1. The molecule has 1 unspecified atom stereocenters. The molecular formula is C17H16N4O3S. The highest BCUT2D eigenvalue weighted by atomic mass is 32.1. The third kappa shape index (κ3) is 2.69. The van der Waals surface area contributed by atoms with E-state index in [-0.39, 0.29) is 0 Å². The van der Waals surface area contributed by atoms with Gasteiger partial charge < -0.3 is 19.5 Å². The van der Waals surface area contributed by atoms with E-state index in [1.54, 1.807) is 25.9 Å². The molecule has 7 nitrogen and oxygen atoms in total. The summed E-state index contributed by atoms with van der Waals surface area (Å²) in [6.45, 7) is 0.584. The van der Waals surface area contributed by atoms with Gasteiger partial charge in [-0.1, -0.05) is 23.5 Å². The van der Waals surface area contributed by atoms with Crippen LogP contribution in [0.25, 0.3) is 11.1 Å². The van der Waals surface area contributed by atoms with Gasteiger partial charge in [0, 0.05) is 23.9 Å². The molecule has 1 aliphatic rings. The minimum Gasteiger partial charge on any atom is -0.491 e. The zero-order valence-electron chi connectivity index (χ0n) is 13.7. The van der Waals surface area contributed by atoms with Gasteiger partial charge in [-0.05, 0) is 23.3 Å². The van der Waals surface area contributed by atoms with Crippen molar-refractivity contribution in [3.8, 4) is 22.8 Å². The zero-order valence-corrected chi connectivity index (χ0v) is 14.5. The highest BCUT2D eigenvalue weighted by Gasteiger charge is 2.30. The molecule has 0 saturated carbocycles. The van der Waals surface area contributed by atoms with Crippen LogP contribution in [0.3, 0.4) is 0 Å². The first kappa shape index (κ1) is 15.8. The van der Waals surface area contributed by atoms with Crippen molar-refractivity contribution in [2.75, 3.05) is 19.1 Å². The van der Waals surface area contributed by atoms with Crippen molar-refractivity contribution in [1.29, 1.82) is 0 Å². The lowest BCUT2D eigenvalue weighted by atomic mass is 10.0. The largest absolute Gasteiger partial charge is 0.491 e. The quantitative estimate of drug-likeness (QED) is 0.769. The van der Waals surface area contributed by atoms with Crippen molar-refractivity contribution in [3.63, 3.8) is 0 Å². The van der Waals surface area contributed by atoms with E-state index in [0.717, 1.165) is 22.3 Å². The van der Waals surface area contributed by atoms with E-state index in [0.29, 0.717) is 23.3 Å². The summed E-state index contributed by atoms with van der Waals surface area (Å²) in [7, 11) is 3.14. The zero-order chi connectivity index (χ0) is 17.4. The van der Waals surface area contributed by atoms with Crippen LogP contribution in [0.2, 0.25) is 0 Å². The Bertz CT molecular complexity index is 901. The number of aliphatic hydroxyl groups excluding tert-OH is 1. The van der Waals surface area contributed by atoms with Crippen molar-refractivity contribution in [2.24, 2.45) is 0 Å². The van der Waals surface area contributed by atoms with Crippen LogP contribution in [-0.4, -0.2) is 34.5 Å². The van der Waals surface area contributed by atoms with Gasteiger partial charge >= 0.3 is 0 Å². The smallest absolute Gasteiger partial charge is 0.256 e. The van der Waals surface area contributed by atoms with E-state index in [9.17, 15) is 5.11 Å². The number of aromatic nitrogens is 3. The molecule has 25 heavy (non-hydrogen) atoms. The van der Waals surface area contributed by atoms with Crippen LogP contribution in [0.4, 0.5) is 5.13 Å². The number of methoxy groups -OCH3 is 2. The van der Waals surface area contributed by atoms with E-state index in [2.05, 4.69) is 21.2 Å². The Labute approximate surface area is 148 Å². The fourth-order valence-corrected chi connectivity index (χ4v) is 3.55. The van der Waals surface area contributed by atoms with E-state index in [1.807, 2.05) is 23.1 Å². The van der Waals surface area contributed by atoms with E-state index >= 15 is 0 Å². The van der Waals surface area contributed by atoms with Crippen molar-refractivity contribution < 1.29 is 14.6 Å². The molecule has 1 aliphatic heterocycles. The minimum atomic E-state index is -0.708. The molecule has 0 fully saturated rings. The van der Waals surface area contributed by atoms with Gasteiger partial charge in [-0.2, -0.15) is 0 Å². The summed E-state index contributed by atoms with van der Waals surface area (Å²) in [5.41, 5.74) is 5.51. The first-order chi connectivity index (χ1) is 12.2. The maximum absolute atomic E-state index is 10.5. The summed E-state index contributed by atoms with van der Waals surface area (Å²) >= 11 is 1.41. The Balaban J connectivity index is 1.69. The van der Waals surface area contributed by atoms with Gasteiger partial charge in [0.2, 0.25) is 5.13 Å². The Morgan fingerprint density at radius 3 is 2.80 bits per heavy atom. The van der Waals surface area contributed by atoms with Gasteiger partial charge in [-0.15, -0.1) is 10.2 Å². The maximum Gasteiger partial charge on any atom is 0.256 e. The predicted molar refractivity (Wildman–Crippen MR) is 93.8 cm³/mol. The monoisotopic (exact) mass is 356 g/mol. The topological polar surface area (TPSA) is 80.6 Å². The first-order valence-corrected chi connectivity index (χ1v) is 8.51. The molecule has 1 atom stereocenters. The number of aliphatic hydroxyl groups is 1. The molecule has 4 rings (SSSR count). The molecule has 0 amide bonds.